The van der Waals surface area contributed by atoms with Crippen LogP contribution in [0.4, 0.5) is 0 Å². The van der Waals surface area contributed by atoms with Gasteiger partial charge in [-0.05, 0) is 42.8 Å². The van der Waals surface area contributed by atoms with Crippen molar-refractivity contribution in [2.45, 2.75) is 13.3 Å². The maximum Gasteiger partial charge on any atom is 0.273 e. The predicted molar refractivity (Wildman–Crippen MR) is 114 cm³/mol. The van der Waals surface area contributed by atoms with Crippen molar-refractivity contribution in [2.24, 2.45) is 0 Å². The molecule has 0 atom stereocenters. The summed E-state index contributed by atoms with van der Waals surface area (Å²) in [7, 11) is 0. The first-order valence-corrected chi connectivity index (χ1v) is 9.77. The number of halogens is 1. The molecule has 0 spiro atoms. The Morgan fingerprint density at radius 3 is 2.66 bits per heavy atom. The highest BCUT2D eigenvalue weighted by Crippen LogP contribution is 2.18. The number of aromatic nitrogens is 3. The molecule has 0 aliphatic rings. The Labute approximate surface area is 175 Å². The van der Waals surface area contributed by atoms with Gasteiger partial charge in [-0.25, -0.2) is 4.68 Å². The fraction of sp³-hybridized carbons (Fsp3) is 0.0952. The molecule has 3 N–H and O–H groups in total. The van der Waals surface area contributed by atoms with Crippen molar-refractivity contribution < 1.29 is 9.59 Å². The van der Waals surface area contributed by atoms with E-state index in [0.29, 0.717) is 11.3 Å². The van der Waals surface area contributed by atoms with E-state index in [9.17, 15) is 9.59 Å². The normalized spacial score (nSPS) is 10.8. The monoisotopic (exact) mass is 451 g/mol. The number of hydrazine groups is 1. The summed E-state index contributed by atoms with van der Waals surface area (Å²) in [6.07, 6.45) is 3.44. The Morgan fingerprint density at radius 2 is 1.86 bits per heavy atom. The Bertz CT molecular complexity index is 1190. The van der Waals surface area contributed by atoms with Crippen LogP contribution in [0, 0.1) is 6.92 Å². The average molecular weight is 452 g/mol. The molecule has 0 bridgehead atoms. The zero-order valence-corrected chi connectivity index (χ0v) is 17.2. The van der Waals surface area contributed by atoms with E-state index in [0.717, 1.165) is 26.6 Å². The maximum absolute atomic E-state index is 12.5. The average Bonchev–Trinajstić information content (AvgIpc) is 3.31. The summed E-state index contributed by atoms with van der Waals surface area (Å²) in [6.45, 7) is 1.80. The van der Waals surface area contributed by atoms with Gasteiger partial charge in [-0.2, -0.15) is 5.10 Å². The number of nitrogens with one attached hydrogen (secondary N) is 3. The van der Waals surface area contributed by atoms with Gasteiger partial charge in [-0.1, -0.05) is 34.1 Å². The minimum atomic E-state index is -0.418. The second kappa shape index (κ2) is 7.92. The van der Waals surface area contributed by atoms with Crippen LogP contribution in [0.1, 0.15) is 21.6 Å². The predicted octanol–water partition coefficient (Wildman–Crippen LogP) is 3.43. The summed E-state index contributed by atoms with van der Waals surface area (Å²) in [4.78, 5) is 27.9. The summed E-state index contributed by atoms with van der Waals surface area (Å²) in [5, 5.41) is 5.27. The lowest BCUT2D eigenvalue weighted by Gasteiger charge is -2.08. The van der Waals surface area contributed by atoms with Gasteiger partial charge in [-0.15, -0.1) is 0 Å². The molecule has 0 radical (unpaired) electrons. The van der Waals surface area contributed by atoms with Crippen LogP contribution < -0.4 is 10.9 Å². The van der Waals surface area contributed by atoms with E-state index in [1.54, 1.807) is 17.8 Å². The molecule has 0 unspecified atom stereocenters. The molecule has 8 heteroatoms. The molecule has 0 aliphatic carbocycles. The third kappa shape index (κ3) is 3.93. The highest BCUT2D eigenvalue weighted by molar-refractivity contribution is 9.10. The van der Waals surface area contributed by atoms with Gasteiger partial charge in [0.15, 0.2) is 0 Å². The third-order valence-electron chi connectivity index (χ3n) is 4.67. The van der Waals surface area contributed by atoms with E-state index in [2.05, 4.69) is 36.9 Å². The smallest absolute Gasteiger partial charge is 0.273 e. The molecule has 0 saturated carbocycles. The van der Waals surface area contributed by atoms with Crippen LogP contribution in [0.25, 0.3) is 16.6 Å². The number of benzene rings is 2. The van der Waals surface area contributed by atoms with Crippen molar-refractivity contribution in [2.75, 3.05) is 0 Å². The largest absolute Gasteiger partial charge is 0.361 e. The van der Waals surface area contributed by atoms with E-state index in [-0.39, 0.29) is 12.3 Å². The van der Waals surface area contributed by atoms with Gasteiger partial charge >= 0.3 is 0 Å². The van der Waals surface area contributed by atoms with Crippen LogP contribution in [0.15, 0.2) is 65.4 Å². The minimum absolute atomic E-state index is 0.154. The van der Waals surface area contributed by atoms with Crippen LogP contribution in [-0.2, 0) is 11.2 Å². The van der Waals surface area contributed by atoms with Gasteiger partial charge < -0.3 is 4.98 Å². The number of carbonyl (C=O) groups is 2. The van der Waals surface area contributed by atoms with Gasteiger partial charge in [0.2, 0.25) is 5.91 Å². The van der Waals surface area contributed by atoms with Crippen molar-refractivity contribution in [1.29, 1.82) is 0 Å². The zero-order chi connectivity index (χ0) is 20.4. The van der Waals surface area contributed by atoms with Gasteiger partial charge in [0.1, 0.15) is 0 Å². The topological polar surface area (TPSA) is 91.8 Å². The quantitative estimate of drug-likeness (QED) is 0.415. The number of hydrogen-bond donors (Lipinski definition) is 3. The first kappa shape index (κ1) is 18.9. The third-order valence-corrected chi connectivity index (χ3v) is 5.20. The van der Waals surface area contributed by atoms with E-state index in [1.807, 2.05) is 48.5 Å². The molecule has 2 heterocycles. The van der Waals surface area contributed by atoms with Crippen molar-refractivity contribution in [1.82, 2.24) is 25.6 Å². The lowest BCUT2D eigenvalue weighted by molar-refractivity contribution is -0.121. The molecule has 2 aromatic heterocycles. The van der Waals surface area contributed by atoms with E-state index < -0.39 is 5.91 Å². The highest BCUT2D eigenvalue weighted by atomic mass is 79.9. The SMILES string of the molecule is Cc1c(C(=O)NNC(=O)Cc2c[nH]c3ccccc23)cnn1-c1ccc(Br)cc1. The van der Waals surface area contributed by atoms with Crippen LogP contribution >= 0.6 is 15.9 Å². The van der Waals surface area contributed by atoms with Crippen LogP contribution in [0.5, 0.6) is 0 Å². The summed E-state index contributed by atoms with van der Waals surface area (Å²) >= 11 is 3.40. The first-order valence-electron chi connectivity index (χ1n) is 8.97. The summed E-state index contributed by atoms with van der Waals surface area (Å²) in [6, 6.07) is 15.4. The van der Waals surface area contributed by atoms with E-state index >= 15 is 0 Å². The fourth-order valence-electron chi connectivity index (χ4n) is 3.16. The standard InChI is InChI=1S/C21H18BrN5O2/c1-13-18(12-24-27(13)16-8-6-15(22)7-9-16)21(29)26-25-20(28)10-14-11-23-19-5-3-2-4-17(14)19/h2-9,11-12,23H,10H2,1H3,(H,25,28)(H,26,29). The molecule has 2 amide bonds. The van der Waals surface area contributed by atoms with Gasteiger partial charge in [0, 0.05) is 21.6 Å². The number of amides is 2. The molecule has 4 rings (SSSR count). The summed E-state index contributed by atoms with van der Waals surface area (Å²) < 4.78 is 2.64. The van der Waals surface area contributed by atoms with Crippen molar-refractivity contribution >= 4 is 38.6 Å². The highest BCUT2D eigenvalue weighted by Gasteiger charge is 2.16. The molecule has 0 saturated heterocycles. The molecule has 29 heavy (non-hydrogen) atoms. The lowest BCUT2D eigenvalue weighted by Crippen LogP contribution is -2.42. The number of aromatic amines is 1. The first-order chi connectivity index (χ1) is 14.0. The summed E-state index contributed by atoms with van der Waals surface area (Å²) in [5.74, 6) is -0.723. The number of H-pyrrole nitrogens is 1. The van der Waals surface area contributed by atoms with Crippen LogP contribution in [-0.4, -0.2) is 26.6 Å². The number of fused-ring (bicyclic) bond motifs is 1. The van der Waals surface area contributed by atoms with Crippen molar-refractivity contribution in [3.8, 4) is 5.69 Å². The van der Waals surface area contributed by atoms with Crippen LogP contribution in [0.3, 0.4) is 0 Å². The van der Waals surface area contributed by atoms with E-state index in [4.69, 9.17) is 0 Å². The number of para-hydroxylation sites is 1. The molecule has 7 nitrogen and oxygen atoms in total. The van der Waals surface area contributed by atoms with E-state index in [1.165, 1.54) is 6.20 Å². The van der Waals surface area contributed by atoms with Crippen LogP contribution in [0.2, 0.25) is 0 Å². The molecular weight excluding hydrogens is 434 g/mol. The molecule has 0 aliphatic heterocycles. The lowest BCUT2D eigenvalue weighted by atomic mass is 10.1. The molecular formula is C21H18BrN5O2. The second-order valence-corrected chi connectivity index (χ2v) is 7.49. The number of rotatable bonds is 4. The Kier molecular flexibility index (Phi) is 5.18. The number of nitrogens with zero attached hydrogens (tertiary/aromatic N) is 2. The van der Waals surface area contributed by atoms with Gasteiger partial charge in [-0.3, -0.25) is 20.4 Å². The number of carbonyl (C=O) groups excluding carboxylic acids is 2. The second-order valence-electron chi connectivity index (χ2n) is 6.57. The number of hydrogen-bond acceptors (Lipinski definition) is 3. The summed E-state index contributed by atoms with van der Waals surface area (Å²) in [5.41, 5.74) is 8.68. The molecule has 4 aromatic rings. The molecule has 2 aromatic carbocycles. The zero-order valence-electron chi connectivity index (χ0n) is 15.6. The van der Waals surface area contributed by atoms with Crippen molar-refractivity contribution in [3.05, 3.63) is 82.2 Å². The minimum Gasteiger partial charge on any atom is -0.361 e. The van der Waals surface area contributed by atoms with Crippen molar-refractivity contribution in [3.63, 3.8) is 0 Å². The molecule has 146 valence electrons. The Balaban J connectivity index is 1.41. The van der Waals surface area contributed by atoms with Gasteiger partial charge in [0.25, 0.3) is 5.91 Å². The van der Waals surface area contributed by atoms with Gasteiger partial charge in [0.05, 0.1) is 29.6 Å². The Hall–Kier alpha value is -3.39. The Morgan fingerprint density at radius 1 is 1.10 bits per heavy atom. The maximum atomic E-state index is 12.5. The fourth-order valence-corrected chi connectivity index (χ4v) is 3.43. The molecule has 0 fully saturated rings.